The summed E-state index contributed by atoms with van der Waals surface area (Å²) in [5, 5.41) is 3.06. The number of nitrogens with zero attached hydrogens (tertiary/aromatic N) is 1. The van der Waals surface area contributed by atoms with E-state index in [4.69, 9.17) is 4.74 Å². The molecule has 1 aliphatic heterocycles. The minimum atomic E-state index is -0.513. The minimum Gasteiger partial charge on any atom is -0.379 e. The molecular formula is C18H25FN2O2. The smallest absolute Gasteiger partial charge is 0.230 e. The first-order chi connectivity index (χ1) is 11.2. The average molecular weight is 320 g/mol. The number of halogens is 1. The van der Waals surface area contributed by atoms with Crippen molar-refractivity contribution in [2.45, 2.75) is 31.1 Å². The van der Waals surface area contributed by atoms with Crippen molar-refractivity contribution in [2.24, 2.45) is 0 Å². The van der Waals surface area contributed by atoms with E-state index in [2.05, 4.69) is 10.2 Å². The summed E-state index contributed by atoms with van der Waals surface area (Å²) >= 11 is 0. The molecule has 0 aromatic heterocycles. The van der Waals surface area contributed by atoms with Gasteiger partial charge in [0.25, 0.3) is 0 Å². The Kier molecular flexibility index (Phi) is 5.28. The van der Waals surface area contributed by atoms with Crippen molar-refractivity contribution in [3.05, 3.63) is 35.6 Å². The summed E-state index contributed by atoms with van der Waals surface area (Å²) in [5.41, 5.74) is 0.301. The van der Waals surface area contributed by atoms with Crippen molar-refractivity contribution in [3.63, 3.8) is 0 Å². The summed E-state index contributed by atoms with van der Waals surface area (Å²) in [6, 6.07) is 6.49. The second-order valence-corrected chi connectivity index (χ2v) is 6.51. The molecule has 5 heteroatoms. The van der Waals surface area contributed by atoms with Gasteiger partial charge in [0.15, 0.2) is 0 Å². The maximum absolute atomic E-state index is 13.5. The fourth-order valence-corrected chi connectivity index (χ4v) is 3.46. The van der Waals surface area contributed by atoms with Gasteiger partial charge in [-0.1, -0.05) is 18.6 Å². The minimum absolute atomic E-state index is 0.0522. The van der Waals surface area contributed by atoms with Gasteiger partial charge in [0.2, 0.25) is 5.91 Å². The van der Waals surface area contributed by atoms with Crippen LogP contribution in [0.4, 0.5) is 4.39 Å². The van der Waals surface area contributed by atoms with Crippen LogP contribution in [0.15, 0.2) is 24.3 Å². The predicted octanol–water partition coefficient (Wildman–Crippen LogP) is 2.09. The maximum atomic E-state index is 13.5. The van der Waals surface area contributed by atoms with Gasteiger partial charge >= 0.3 is 0 Å². The Bertz CT molecular complexity index is 540. The van der Waals surface area contributed by atoms with Crippen LogP contribution in [0.3, 0.4) is 0 Å². The standard InChI is InChI=1S/C18H25FN2O2/c19-16-5-1-4-15(14-16)18(6-2-7-18)17(22)20-8-3-9-21-10-12-23-13-11-21/h1,4-5,14H,2-3,6-13H2,(H,20,22). The highest BCUT2D eigenvalue weighted by Crippen LogP contribution is 2.44. The molecule has 1 aromatic rings. The van der Waals surface area contributed by atoms with Crippen LogP contribution < -0.4 is 5.32 Å². The van der Waals surface area contributed by atoms with Gasteiger partial charge in [0, 0.05) is 19.6 Å². The highest BCUT2D eigenvalue weighted by atomic mass is 19.1. The molecule has 3 rings (SSSR count). The number of ether oxygens (including phenoxy) is 1. The topological polar surface area (TPSA) is 41.6 Å². The third kappa shape index (κ3) is 3.72. The van der Waals surface area contributed by atoms with Gasteiger partial charge in [0.05, 0.1) is 18.6 Å². The molecule has 0 radical (unpaired) electrons. The zero-order chi connectivity index (χ0) is 16.1. The van der Waals surface area contributed by atoms with Crippen molar-refractivity contribution in [1.29, 1.82) is 0 Å². The monoisotopic (exact) mass is 320 g/mol. The average Bonchev–Trinajstić information content (AvgIpc) is 2.52. The number of morpholine rings is 1. The van der Waals surface area contributed by atoms with E-state index >= 15 is 0 Å². The highest BCUT2D eigenvalue weighted by Gasteiger charge is 2.45. The number of carbonyl (C=O) groups excluding carboxylic acids is 1. The number of nitrogens with one attached hydrogen (secondary N) is 1. The van der Waals surface area contributed by atoms with Crippen LogP contribution in [-0.4, -0.2) is 50.2 Å². The van der Waals surface area contributed by atoms with Crippen LogP contribution in [0, 0.1) is 5.82 Å². The molecule has 0 atom stereocenters. The van der Waals surface area contributed by atoms with Crippen molar-refractivity contribution >= 4 is 5.91 Å². The molecule has 0 unspecified atom stereocenters. The van der Waals surface area contributed by atoms with Crippen LogP contribution in [0.5, 0.6) is 0 Å². The molecule has 1 aliphatic carbocycles. The normalized spacial score (nSPS) is 20.7. The quantitative estimate of drug-likeness (QED) is 0.816. The molecule has 1 heterocycles. The number of amides is 1. The van der Waals surface area contributed by atoms with Gasteiger partial charge in [0.1, 0.15) is 5.82 Å². The van der Waals surface area contributed by atoms with Crippen molar-refractivity contribution in [1.82, 2.24) is 10.2 Å². The summed E-state index contributed by atoms with van der Waals surface area (Å²) in [4.78, 5) is 15.0. The molecule has 2 aliphatic rings. The first-order valence-electron chi connectivity index (χ1n) is 8.55. The number of carbonyl (C=O) groups is 1. The summed E-state index contributed by atoms with van der Waals surface area (Å²) in [6.45, 7) is 5.20. The molecule has 1 N–H and O–H groups in total. The molecule has 1 aromatic carbocycles. The van der Waals surface area contributed by atoms with Crippen LogP contribution in [0.2, 0.25) is 0 Å². The maximum Gasteiger partial charge on any atom is 0.230 e. The van der Waals surface area contributed by atoms with Gasteiger partial charge in [-0.3, -0.25) is 9.69 Å². The van der Waals surface area contributed by atoms with Gasteiger partial charge in [-0.05, 0) is 43.5 Å². The molecule has 126 valence electrons. The summed E-state index contributed by atoms with van der Waals surface area (Å²) in [5.74, 6) is -0.217. The largest absolute Gasteiger partial charge is 0.379 e. The van der Waals surface area contributed by atoms with E-state index in [-0.39, 0.29) is 11.7 Å². The van der Waals surface area contributed by atoms with Crippen LogP contribution >= 0.6 is 0 Å². The number of hydrogen-bond acceptors (Lipinski definition) is 3. The third-order valence-electron chi connectivity index (χ3n) is 5.06. The lowest BCUT2D eigenvalue weighted by atomic mass is 9.64. The first-order valence-corrected chi connectivity index (χ1v) is 8.55. The van der Waals surface area contributed by atoms with Gasteiger partial charge in [-0.15, -0.1) is 0 Å². The molecular weight excluding hydrogens is 295 g/mol. The fraction of sp³-hybridized carbons (Fsp3) is 0.611. The Morgan fingerprint density at radius 2 is 2.09 bits per heavy atom. The van der Waals surface area contributed by atoms with Gasteiger partial charge < -0.3 is 10.1 Å². The fourth-order valence-electron chi connectivity index (χ4n) is 3.46. The zero-order valence-corrected chi connectivity index (χ0v) is 13.5. The van der Waals surface area contributed by atoms with Crippen molar-refractivity contribution in [2.75, 3.05) is 39.4 Å². The lowest BCUT2D eigenvalue weighted by Crippen LogP contribution is -2.49. The summed E-state index contributed by atoms with van der Waals surface area (Å²) in [6.07, 6.45) is 3.58. The van der Waals surface area contributed by atoms with Crippen LogP contribution in [-0.2, 0) is 14.9 Å². The molecule has 0 spiro atoms. The molecule has 1 amide bonds. The molecule has 0 bridgehead atoms. The highest BCUT2D eigenvalue weighted by molar-refractivity contribution is 5.89. The second-order valence-electron chi connectivity index (χ2n) is 6.51. The first kappa shape index (κ1) is 16.4. The Morgan fingerprint density at radius 1 is 1.30 bits per heavy atom. The SMILES string of the molecule is O=C(NCCCN1CCOCC1)C1(c2cccc(F)c2)CCC1. The summed E-state index contributed by atoms with van der Waals surface area (Å²) in [7, 11) is 0. The Hall–Kier alpha value is -1.46. The Morgan fingerprint density at radius 3 is 2.74 bits per heavy atom. The van der Waals surface area contributed by atoms with E-state index in [9.17, 15) is 9.18 Å². The molecule has 2 fully saturated rings. The third-order valence-corrected chi connectivity index (χ3v) is 5.06. The van der Waals surface area contributed by atoms with Crippen molar-refractivity contribution < 1.29 is 13.9 Å². The van der Waals surface area contributed by atoms with Gasteiger partial charge in [-0.25, -0.2) is 4.39 Å². The number of benzene rings is 1. The van der Waals surface area contributed by atoms with Gasteiger partial charge in [-0.2, -0.15) is 0 Å². The second kappa shape index (κ2) is 7.41. The number of hydrogen-bond donors (Lipinski definition) is 1. The Balaban J connectivity index is 1.50. The molecule has 4 nitrogen and oxygen atoms in total. The Labute approximate surface area is 137 Å². The van der Waals surface area contributed by atoms with Crippen LogP contribution in [0.1, 0.15) is 31.2 Å². The molecule has 1 saturated carbocycles. The lowest BCUT2D eigenvalue weighted by molar-refractivity contribution is -0.129. The molecule has 23 heavy (non-hydrogen) atoms. The van der Waals surface area contributed by atoms with E-state index < -0.39 is 5.41 Å². The van der Waals surface area contributed by atoms with Crippen molar-refractivity contribution in [3.8, 4) is 0 Å². The molecule has 1 saturated heterocycles. The summed E-state index contributed by atoms with van der Waals surface area (Å²) < 4.78 is 18.8. The van der Waals surface area contributed by atoms with Crippen LogP contribution in [0.25, 0.3) is 0 Å². The van der Waals surface area contributed by atoms with E-state index in [1.807, 2.05) is 6.07 Å². The van der Waals surface area contributed by atoms with E-state index in [1.165, 1.54) is 12.1 Å². The van der Waals surface area contributed by atoms with E-state index in [1.54, 1.807) is 6.07 Å². The van der Waals surface area contributed by atoms with E-state index in [0.717, 1.165) is 64.1 Å². The van der Waals surface area contributed by atoms with E-state index in [0.29, 0.717) is 6.54 Å². The lowest BCUT2D eigenvalue weighted by Gasteiger charge is -2.40. The predicted molar refractivity (Wildman–Crippen MR) is 86.8 cm³/mol. The zero-order valence-electron chi connectivity index (χ0n) is 13.5. The number of rotatable bonds is 6.